The highest BCUT2D eigenvalue weighted by atomic mass is 15.0. The fourth-order valence-corrected chi connectivity index (χ4v) is 2.79. The first-order valence-corrected chi connectivity index (χ1v) is 5.99. The summed E-state index contributed by atoms with van der Waals surface area (Å²) in [6.45, 7) is 7.33. The van der Waals surface area contributed by atoms with E-state index >= 15 is 0 Å². The van der Waals surface area contributed by atoms with E-state index in [9.17, 15) is 0 Å². The molecule has 4 atom stereocenters. The van der Waals surface area contributed by atoms with Gasteiger partial charge in [-0.1, -0.05) is 32.6 Å². The van der Waals surface area contributed by atoms with Gasteiger partial charge < -0.3 is 5.73 Å². The molecule has 2 nitrogen and oxygen atoms in total. The lowest BCUT2D eigenvalue weighted by Crippen LogP contribution is -2.61. The lowest BCUT2D eigenvalue weighted by Gasteiger charge is -2.47. The molecule has 0 saturated heterocycles. The summed E-state index contributed by atoms with van der Waals surface area (Å²) in [5, 5.41) is 3.55. The maximum absolute atomic E-state index is 5.96. The topological polar surface area (TPSA) is 38.0 Å². The Balaban J connectivity index is 2.78. The van der Waals surface area contributed by atoms with Crippen molar-refractivity contribution in [3.05, 3.63) is 0 Å². The van der Waals surface area contributed by atoms with Crippen LogP contribution >= 0.6 is 0 Å². The minimum Gasteiger partial charge on any atom is -0.329 e. The van der Waals surface area contributed by atoms with Gasteiger partial charge in [-0.15, -0.1) is 6.42 Å². The van der Waals surface area contributed by atoms with E-state index in [0.29, 0.717) is 12.5 Å². The number of hydrogen-bond donors (Lipinski definition) is 2. The molecule has 1 fully saturated rings. The molecular formula is C13H24N2. The minimum atomic E-state index is 0.0590. The Morgan fingerprint density at radius 1 is 1.60 bits per heavy atom. The second-order valence-corrected chi connectivity index (χ2v) is 5.05. The highest BCUT2D eigenvalue weighted by Crippen LogP contribution is 2.37. The first kappa shape index (κ1) is 12.5. The molecule has 0 aliphatic heterocycles. The molecule has 0 heterocycles. The molecule has 86 valence electrons. The minimum absolute atomic E-state index is 0.0590. The zero-order chi connectivity index (χ0) is 11.5. The molecule has 3 N–H and O–H groups in total. The summed E-state index contributed by atoms with van der Waals surface area (Å²) in [5.41, 5.74) is 6.02. The van der Waals surface area contributed by atoms with Crippen LogP contribution in [0.25, 0.3) is 0 Å². The van der Waals surface area contributed by atoms with E-state index in [-0.39, 0.29) is 11.6 Å². The van der Waals surface area contributed by atoms with Gasteiger partial charge in [0.1, 0.15) is 0 Å². The quantitative estimate of drug-likeness (QED) is 0.694. The fourth-order valence-electron chi connectivity index (χ4n) is 2.79. The van der Waals surface area contributed by atoms with Crippen molar-refractivity contribution in [1.82, 2.24) is 5.32 Å². The molecule has 1 aliphatic carbocycles. The molecule has 0 radical (unpaired) electrons. The fraction of sp³-hybridized carbons (Fsp3) is 0.846. The monoisotopic (exact) mass is 208 g/mol. The lowest BCUT2D eigenvalue weighted by molar-refractivity contribution is 0.107. The summed E-state index contributed by atoms with van der Waals surface area (Å²) in [7, 11) is 0. The average Bonchev–Trinajstić information content (AvgIpc) is 2.24. The smallest absolute Gasteiger partial charge is 0.0663 e. The highest BCUT2D eigenvalue weighted by molar-refractivity contribution is 5.05. The van der Waals surface area contributed by atoms with E-state index in [1.165, 1.54) is 12.8 Å². The number of nitrogens with two attached hydrogens (primary N) is 1. The van der Waals surface area contributed by atoms with Gasteiger partial charge in [-0.05, 0) is 25.2 Å². The van der Waals surface area contributed by atoms with E-state index in [1.807, 2.05) is 6.92 Å². The average molecular weight is 208 g/mol. The van der Waals surface area contributed by atoms with Crippen molar-refractivity contribution in [3.8, 4) is 12.3 Å². The van der Waals surface area contributed by atoms with Crippen LogP contribution in [0.4, 0.5) is 0 Å². The number of hydrogen-bond acceptors (Lipinski definition) is 2. The first-order valence-electron chi connectivity index (χ1n) is 5.99. The molecule has 1 aliphatic rings. The Morgan fingerprint density at radius 3 is 2.80 bits per heavy atom. The molecule has 15 heavy (non-hydrogen) atoms. The lowest BCUT2D eigenvalue weighted by atomic mass is 9.68. The summed E-state index contributed by atoms with van der Waals surface area (Å²) in [5.74, 6) is 4.08. The normalized spacial score (nSPS) is 38.3. The van der Waals surface area contributed by atoms with Gasteiger partial charge >= 0.3 is 0 Å². The molecule has 4 unspecified atom stereocenters. The van der Waals surface area contributed by atoms with Crippen molar-refractivity contribution in [2.45, 2.75) is 51.6 Å². The molecule has 0 spiro atoms. The number of nitrogens with one attached hydrogen (secondary N) is 1. The molecule has 2 heteroatoms. The zero-order valence-electron chi connectivity index (χ0n) is 10.2. The van der Waals surface area contributed by atoms with Crippen molar-refractivity contribution in [2.75, 3.05) is 6.54 Å². The summed E-state index contributed by atoms with van der Waals surface area (Å²) >= 11 is 0. The first-order chi connectivity index (χ1) is 7.05. The van der Waals surface area contributed by atoms with Crippen molar-refractivity contribution in [1.29, 1.82) is 0 Å². The number of rotatable bonds is 3. The summed E-state index contributed by atoms with van der Waals surface area (Å²) in [6, 6.07) is 0.112. The van der Waals surface area contributed by atoms with Crippen LogP contribution in [-0.2, 0) is 0 Å². The highest BCUT2D eigenvalue weighted by Gasteiger charge is 2.40. The molecule has 0 aromatic heterocycles. The van der Waals surface area contributed by atoms with Gasteiger partial charge in [-0.2, -0.15) is 0 Å². The molecule has 0 amide bonds. The Kier molecular flexibility index (Phi) is 4.19. The third-order valence-corrected chi connectivity index (χ3v) is 4.13. The molecular weight excluding hydrogens is 184 g/mol. The van der Waals surface area contributed by atoms with Crippen molar-refractivity contribution >= 4 is 0 Å². The summed E-state index contributed by atoms with van der Waals surface area (Å²) in [6.07, 6.45) is 9.15. The SMILES string of the molecule is C#CC(C)NC1(CN)CCCC(C)C1C. The Morgan fingerprint density at radius 2 is 2.27 bits per heavy atom. The molecule has 0 aromatic carbocycles. The van der Waals surface area contributed by atoms with Crippen LogP contribution in [0.5, 0.6) is 0 Å². The predicted molar refractivity (Wildman–Crippen MR) is 65.4 cm³/mol. The Bertz CT molecular complexity index is 243. The van der Waals surface area contributed by atoms with Gasteiger partial charge in [-0.3, -0.25) is 5.32 Å². The van der Waals surface area contributed by atoms with Gasteiger partial charge in [0.2, 0.25) is 0 Å². The van der Waals surface area contributed by atoms with E-state index in [4.69, 9.17) is 12.2 Å². The number of terminal acetylenes is 1. The second-order valence-electron chi connectivity index (χ2n) is 5.05. The third-order valence-electron chi connectivity index (χ3n) is 4.13. The zero-order valence-corrected chi connectivity index (χ0v) is 10.2. The Hall–Kier alpha value is -0.520. The van der Waals surface area contributed by atoms with E-state index in [1.54, 1.807) is 0 Å². The third kappa shape index (κ3) is 2.53. The van der Waals surface area contributed by atoms with Gasteiger partial charge in [0.05, 0.1) is 6.04 Å². The van der Waals surface area contributed by atoms with Gasteiger partial charge in [0, 0.05) is 12.1 Å². The molecule has 1 saturated carbocycles. The molecule has 0 aromatic rings. The molecule has 0 bridgehead atoms. The summed E-state index contributed by atoms with van der Waals surface area (Å²) < 4.78 is 0. The van der Waals surface area contributed by atoms with Gasteiger partial charge in [0.15, 0.2) is 0 Å². The van der Waals surface area contributed by atoms with Crippen molar-refractivity contribution in [3.63, 3.8) is 0 Å². The van der Waals surface area contributed by atoms with Crippen molar-refractivity contribution < 1.29 is 0 Å². The van der Waals surface area contributed by atoms with E-state index in [2.05, 4.69) is 25.1 Å². The maximum Gasteiger partial charge on any atom is 0.0663 e. The van der Waals surface area contributed by atoms with Crippen LogP contribution in [0.3, 0.4) is 0 Å². The predicted octanol–water partition coefficient (Wildman–Crippen LogP) is 1.75. The Labute approximate surface area is 94.0 Å². The summed E-state index contributed by atoms with van der Waals surface area (Å²) in [4.78, 5) is 0. The van der Waals surface area contributed by atoms with Gasteiger partial charge in [-0.25, -0.2) is 0 Å². The van der Waals surface area contributed by atoms with Gasteiger partial charge in [0.25, 0.3) is 0 Å². The maximum atomic E-state index is 5.96. The van der Waals surface area contributed by atoms with Crippen LogP contribution in [0.1, 0.15) is 40.0 Å². The van der Waals surface area contributed by atoms with Crippen LogP contribution in [0.15, 0.2) is 0 Å². The van der Waals surface area contributed by atoms with Crippen LogP contribution in [-0.4, -0.2) is 18.1 Å². The van der Waals surface area contributed by atoms with Crippen LogP contribution in [0, 0.1) is 24.2 Å². The van der Waals surface area contributed by atoms with Crippen LogP contribution in [0.2, 0.25) is 0 Å². The standard InChI is InChI=1S/C13H24N2/c1-5-11(3)15-13(9-14)8-6-7-10(2)12(13)4/h1,10-12,15H,6-9,14H2,2-4H3. The van der Waals surface area contributed by atoms with E-state index < -0.39 is 0 Å². The van der Waals surface area contributed by atoms with E-state index in [0.717, 1.165) is 12.3 Å². The second kappa shape index (κ2) is 5.01. The largest absolute Gasteiger partial charge is 0.329 e. The van der Waals surface area contributed by atoms with Crippen LogP contribution < -0.4 is 11.1 Å². The van der Waals surface area contributed by atoms with Crippen molar-refractivity contribution in [2.24, 2.45) is 17.6 Å². The molecule has 1 rings (SSSR count).